The van der Waals surface area contributed by atoms with E-state index in [0.29, 0.717) is 16.8 Å². The summed E-state index contributed by atoms with van der Waals surface area (Å²) in [7, 11) is 0. The zero-order valence-corrected chi connectivity index (χ0v) is 20.2. The maximum atomic E-state index is 13.4. The summed E-state index contributed by atoms with van der Waals surface area (Å²) in [6, 6.07) is 33.2. The van der Waals surface area contributed by atoms with E-state index in [4.69, 9.17) is 4.74 Å². The van der Waals surface area contributed by atoms with Crippen LogP contribution in [0.25, 0.3) is 0 Å². The number of carbonyl (C=O) groups excluding carboxylic acids is 3. The molecule has 0 aromatic heterocycles. The molecule has 0 heterocycles. The third-order valence-electron chi connectivity index (χ3n) is 5.37. The van der Waals surface area contributed by atoms with Crippen molar-refractivity contribution in [2.45, 2.75) is 10.9 Å². The zero-order chi connectivity index (χ0) is 24.6. The van der Waals surface area contributed by atoms with Crippen LogP contribution < -0.4 is 5.32 Å². The Kier molecular flexibility index (Phi) is 7.85. The first-order valence-corrected chi connectivity index (χ1v) is 11.9. The molecule has 0 aliphatic heterocycles. The first-order valence-electron chi connectivity index (χ1n) is 11.0. The summed E-state index contributed by atoms with van der Waals surface area (Å²) in [4.78, 5) is 38.8. The molecule has 35 heavy (non-hydrogen) atoms. The van der Waals surface area contributed by atoms with Crippen molar-refractivity contribution in [1.29, 1.82) is 0 Å². The van der Waals surface area contributed by atoms with Gasteiger partial charge < -0.3 is 10.1 Å². The van der Waals surface area contributed by atoms with Crippen molar-refractivity contribution in [3.63, 3.8) is 0 Å². The Hall–Kier alpha value is -4.03. The molecule has 0 aliphatic rings. The van der Waals surface area contributed by atoms with Gasteiger partial charge in [-0.2, -0.15) is 0 Å². The number of benzene rings is 4. The van der Waals surface area contributed by atoms with Crippen LogP contribution in [0.5, 0.6) is 0 Å². The standard InChI is InChI=1S/C29H22BrNO4/c30-25(20-12-4-1-5-13-20)27(26(32)21-14-6-2-7-15-21)35-29(34)23-18-10-11-19-24(23)31-28(33)22-16-8-3-9-17-22/h1-19,25,27H,(H,31,33)/t25-,27-/m1/s1. The molecule has 0 saturated heterocycles. The van der Waals surface area contributed by atoms with E-state index in [9.17, 15) is 14.4 Å². The molecular formula is C29H22BrNO4. The van der Waals surface area contributed by atoms with Crippen LogP contribution in [0.15, 0.2) is 115 Å². The number of Topliss-reactive ketones (excluding diaryl/α,β-unsaturated/α-hetero) is 1. The van der Waals surface area contributed by atoms with E-state index in [2.05, 4.69) is 21.2 Å². The summed E-state index contributed by atoms with van der Waals surface area (Å²) in [6.45, 7) is 0. The predicted molar refractivity (Wildman–Crippen MR) is 139 cm³/mol. The third-order valence-corrected chi connectivity index (χ3v) is 6.37. The van der Waals surface area contributed by atoms with Gasteiger partial charge in [-0.05, 0) is 29.8 Å². The number of halogens is 1. The highest BCUT2D eigenvalue weighted by atomic mass is 79.9. The molecular weight excluding hydrogens is 506 g/mol. The van der Waals surface area contributed by atoms with Gasteiger partial charge in [0.25, 0.3) is 5.91 Å². The summed E-state index contributed by atoms with van der Waals surface area (Å²) in [5.74, 6) is -1.41. The molecule has 174 valence electrons. The Morgan fingerprint density at radius 3 is 1.80 bits per heavy atom. The second-order valence-electron chi connectivity index (χ2n) is 7.73. The average Bonchev–Trinajstić information content (AvgIpc) is 2.92. The molecule has 5 nitrogen and oxygen atoms in total. The predicted octanol–water partition coefficient (Wildman–Crippen LogP) is 6.48. The van der Waals surface area contributed by atoms with Gasteiger partial charge in [-0.3, -0.25) is 9.59 Å². The second kappa shape index (κ2) is 11.4. The Labute approximate surface area is 211 Å². The average molecular weight is 528 g/mol. The molecule has 0 bridgehead atoms. The van der Waals surface area contributed by atoms with Crippen molar-refractivity contribution in [2.75, 3.05) is 5.32 Å². The molecule has 1 N–H and O–H groups in total. The lowest BCUT2D eigenvalue weighted by Crippen LogP contribution is -2.31. The van der Waals surface area contributed by atoms with Gasteiger partial charge in [-0.15, -0.1) is 0 Å². The van der Waals surface area contributed by atoms with Gasteiger partial charge in [0, 0.05) is 11.1 Å². The van der Waals surface area contributed by atoms with Crippen molar-refractivity contribution in [3.8, 4) is 0 Å². The summed E-state index contributed by atoms with van der Waals surface area (Å²) >= 11 is 3.57. The second-order valence-corrected chi connectivity index (χ2v) is 8.72. The Morgan fingerprint density at radius 2 is 1.17 bits per heavy atom. The smallest absolute Gasteiger partial charge is 0.341 e. The molecule has 4 rings (SSSR count). The largest absolute Gasteiger partial charge is 0.449 e. The quantitative estimate of drug-likeness (QED) is 0.161. The summed E-state index contributed by atoms with van der Waals surface area (Å²) in [5.41, 5.74) is 2.12. The number of rotatable bonds is 8. The normalized spacial score (nSPS) is 12.3. The fraction of sp³-hybridized carbons (Fsp3) is 0.0690. The lowest BCUT2D eigenvalue weighted by molar-refractivity contribution is 0.0283. The van der Waals surface area contributed by atoms with E-state index in [-0.39, 0.29) is 17.3 Å². The lowest BCUT2D eigenvalue weighted by atomic mass is 9.99. The number of ketones is 1. The van der Waals surface area contributed by atoms with Gasteiger partial charge in [0.2, 0.25) is 5.78 Å². The monoisotopic (exact) mass is 527 g/mol. The number of esters is 1. The van der Waals surface area contributed by atoms with Crippen LogP contribution in [0.1, 0.15) is 41.5 Å². The van der Waals surface area contributed by atoms with Crippen molar-refractivity contribution in [2.24, 2.45) is 0 Å². The summed E-state index contributed by atoms with van der Waals surface area (Å²) in [6.07, 6.45) is -1.13. The number of anilines is 1. The Bertz CT molecular complexity index is 1310. The highest BCUT2D eigenvalue weighted by molar-refractivity contribution is 9.09. The van der Waals surface area contributed by atoms with Gasteiger partial charge in [0.1, 0.15) is 0 Å². The van der Waals surface area contributed by atoms with Crippen LogP contribution in [0.2, 0.25) is 0 Å². The van der Waals surface area contributed by atoms with Crippen LogP contribution >= 0.6 is 15.9 Å². The van der Waals surface area contributed by atoms with Gasteiger partial charge in [-0.25, -0.2) is 4.79 Å². The molecule has 2 atom stereocenters. The summed E-state index contributed by atoms with van der Waals surface area (Å²) < 4.78 is 5.81. The molecule has 6 heteroatoms. The molecule has 4 aromatic carbocycles. The van der Waals surface area contributed by atoms with Crippen LogP contribution in [0, 0.1) is 0 Å². The number of ether oxygens (including phenoxy) is 1. The fourth-order valence-electron chi connectivity index (χ4n) is 3.56. The maximum absolute atomic E-state index is 13.4. The van der Waals surface area contributed by atoms with Gasteiger partial charge in [0.15, 0.2) is 6.10 Å². The van der Waals surface area contributed by atoms with Crippen LogP contribution in [-0.4, -0.2) is 23.8 Å². The molecule has 1 amide bonds. The number of amides is 1. The van der Waals surface area contributed by atoms with Crippen LogP contribution in [0.4, 0.5) is 5.69 Å². The Morgan fingerprint density at radius 1 is 0.657 bits per heavy atom. The van der Waals surface area contributed by atoms with Crippen LogP contribution in [0.3, 0.4) is 0 Å². The highest BCUT2D eigenvalue weighted by Crippen LogP contribution is 2.32. The molecule has 0 aliphatic carbocycles. The Balaban J connectivity index is 1.62. The summed E-state index contributed by atoms with van der Waals surface area (Å²) in [5, 5.41) is 2.77. The van der Waals surface area contributed by atoms with Gasteiger partial charge >= 0.3 is 5.97 Å². The first-order chi connectivity index (χ1) is 17.0. The number of hydrogen-bond donors (Lipinski definition) is 1. The number of nitrogens with one attached hydrogen (secondary N) is 1. The fourth-order valence-corrected chi connectivity index (χ4v) is 4.21. The minimum atomic E-state index is -1.13. The molecule has 0 fully saturated rings. The molecule has 0 unspecified atom stereocenters. The van der Waals surface area contributed by atoms with Crippen molar-refractivity contribution in [3.05, 3.63) is 138 Å². The van der Waals surface area contributed by atoms with Crippen molar-refractivity contribution in [1.82, 2.24) is 0 Å². The van der Waals surface area contributed by atoms with Gasteiger partial charge in [0.05, 0.1) is 16.1 Å². The van der Waals surface area contributed by atoms with E-state index in [0.717, 1.165) is 5.56 Å². The minimum Gasteiger partial charge on any atom is -0.449 e. The van der Waals surface area contributed by atoms with Gasteiger partial charge in [-0.1, -0.05) is 107 Å². The van der Waals surface area contributed by atoms with Crippen LogP contribution in [-0.2, 0) is 4.74 Å². The zero-order valence-electron chi connectivity index (χ0n) is 18.6. The molecule has 4 aromatic rings. The van der Waals surface area contributed by atoms with Crippen molar-refractivity contribution >= 4 is 39.3 Å². The SMILES string of the molecule is O=C(Nc1ccccc1C(=O)O[C@@H](C(=O)c1ccccc1)[C@H](Br)c1ccccc1)c1ccccc1. The third kappa shape index (κ3) is 5.91. The van der Waals surface area contributed by atoms with E-state index >= 15 is 0 Å². The van der Waals surface area contributed by atoms with E-state index in [1.54, 1.807) is 72.8 Å². The number of hydrogen-bond acceptors (Lipinski definition) is 4. The topological polar surface area (TPSA) is 72.5 Å². The first kappa shape index (κ1) is 24.1. The maximum Gasteiger partial charge on any atom is 0.341 e. The van der Waals surface area contributed by atoms with E-state index in [1.807, 2.05) is 42.5 Å². The molecule has 0 saturated carbocycles. The molecule has 0 spiro atoms. The number of carbonyl (C=O) groups is 3. The minimum absolute atomic E-state index is 0.149. The molecule has 0 radical (unpaired) electrons. The van der Waals surface area contributed by atoms with E-state index in [1.165, 1.54) is 0 Å². The number of para-hydroxylation sites is 1. The van der Waals surface area contributed by atoms with E-state index < -0.39 is 16.9 Å². The lowest BCUT2D eigenvalue weighted by Gasteiger charge is -2.23. The van der Waals surface area contributed by atoms with Crippen molar-refractivity contribution < 1.29 is 19.1 Å². The highest BCUT2D eigenvalue weighted by Gasteiger charge is 2.33. The number of alkyl halides is 1.